The van der Waals surface area contributed by atoms with Gasteiger partial charge in [0.1, 0.15) is 23.4 Å². The Labute approximate surface area is 112 Å². The highest BCUT2D eigenvalue weighted by molar-refractivity contribution is 5.45. The first-order chi connectivity index (χ1) is 9.22. The first-order valence-corrected chi connectivity index (χ1v) is 6.19. The van der Waals surface area contributed by atoms with Crippen molar-refractivity contribution in [3.8, 4) is 17.6 Å². The molecular formula is C16H14FNO. The van der Waals surface area contributed by atoms with E-state index in [-0.39, 0.29) is 5.56 Å². The minimum Gasteiger partial charge on any atom is -0.456 e. The van der Waals surface area contributed by atoms with Crippen LogP contribution in [0.1, 0.15) is 24.5 Å². The molecular weight excluding hydrogens is 241 g/mol. The topological polar surface area (TPSA) is 33.0 Å². The lowest BCUT2D eigenvalue weighted by Crippen LogP contribution is -1.90. The first kappa shape index (κ1) is 13.1. The Morgan fingerprint density at radius 3 is 2.53 bits per heavy atom. The van der Waals surface area contributed by atoms with Crippen molar-refractivity contribution < 1.29 is 9.13 Å². The van der Waals surface area contributed by atoms with E-state index in [0.717, 1.165) is 12.8 Å². The van der Waals surface area contributed by atoms with Crippen LogP contribution in [0.5, 0.6) is 11.5 Å². The van der Waals surface area contributed by atoms with E-state index in [1.54, 1.807) is 0 Å². The Morgan fingerprint density at radius 1 is 1.16 bits per heavy atom. The molecule has 2 nitrogen and oxygen atoms in total. The molecule has 2 aromatic carbocycles. The van der Waals surface area contributed by atoms with Crippen LogP contribution in [0.2, 0.25) is 0 Å². The number of halogens is 1. The molecule has 2 aromatic rings. The van der Waals surface area contributed by atoms with E-state index >= 15 is 0 Å². The van der Waals surface area contributed by atoms with E-state index in [2.05, 4.69) is 6.92 Å². The van der Waals surface area contributed by atoms with Crippen LogP contribution in [0.15, 0.2) is 42.5 Å². The standard InChI is InChI=1S/C16H14FNO/c1-2-3-12-4-7-15(8-5-12)19-16-9-6-14(17)10-13(16)11-18/h4-10H,2-3H2,1H3. The van der Waals surface area contributed by atoms with E-state index in [9.17, 15) is 4.39 Å². The highest BCUT2D eigenvalue weighted by atomic mass is 19.1. The molecule has 0 heterocycles. The third-order valence-corrected chi connectivity index (χ3v) is 2.75. The van der Waals surface area contributed by atoms with Crippen LogP contribution in [0.25, 0.3) is 0 Å². The molecule has 0 aliphatic rings. The number of nitriles is 1. The number of rotatable bonds is 4. The first-order valence-electron chi connectivity index (χ1n) is 6.19. The molecule has 0 N–H and O–H groups in total. The lowest BCUT2D eigenvalue weighted by Gasteiger charge is -2.08. The molecule has 96 valence electrons. The smallest absolute Gasteiger partial charge is 0.145 e. The number of aryl methyl sites for hydroxylation is 1. The van der Waals surface area contributed by atoms with Crippen LogP contribution in [-0.2, 0) is 6.42 Å². The predicted molar refractivity (Wildman–Crippen MR) is 71.6 cm³/mol. The van der Waals surface area contributed by atoms with Crippen LogP contribution in [0.3, 0.4) is 0 Å². The van der Waals surface area contributed by atoms with Gasteiger partial charge in [0.15, 0.2) is 0 Å². The summed E-state index contributed by atoms with van der Waals surface area (Å²) >= 11 is 0. The molecule has 0 aliphatic heterocycles. The van der Waals surface area contributed by atoms with Crippen LogP contribution in [-0.4, -0.2) is 0 Å². The third-order valence-electron chi connectivity index (χ3n) is 2.75. The summed E-state index contributed by atoms with van der Waals surface area (Å²) in [7, 11) is 0. The highest BCUT2D eigenvalue weighted by Gasteiger charge is 2.06. The van der Waals surface area contributed by atoms with Gasteiger partial charge >= 0.3 is 0 Å². The Bertz CT molecular complexity index is 599. The van der Waals surface area contributed by atoms with Crippen molar-refractivity contribution in [2.75, 3.05) is 0 Å². The Morgan fingerprint density at radius 2 is 1.89 bits per heavy atom. The summed E-state index contributed by atoms with van der Waals surface area (Å²) in [5.74, 6) is 0.567. The Hall–Kier alpha value is -2.34. The van der Waals surface area contributed by atoms with Crippen molar-refractivity contribution in [3.63, 3.8) is 0 Å². The van der Waals surface area contributed by atoms with Gasteiger partial charge in [-0.1, -0.05) is 25.5 Å². The van der Waals surface area contributed by atoms with E-state index in [0.29, 0.717) is 11.5 Å². The molecule has 19 heavy (non-hydrogen) atoms. The zero-order valence-corrected chi connectivity index (χ0v) is 10.7. The van der Waals surface area contributed by atoms with Crippen molar-refractivity contribution in [3.05, 3.63) is 59.4 Å². The lowest BCUT2D eigenvalue weighted by molar-refractivity contribution is 0.478. The maximum atomic E-state index is 13.0. The van der Waals surface area contributed by atoms with Gasteiger partial charge in [0.05, 0.1) is 5.56 Å². The van der Waals surface area contributed by atoms with E-state index in [4.69, 9.17) is 10.00 Å². The van der Waals surface area contributed by atoms with Gasteiger partial charge in [0, 0.05) is 0 Å². The van der Waals surface area contributed by atoms with Gasteiger partial charge in [-0.3, -0.25) is 0 Å². The average molecular weight is 255 g/mol. The maximum absolute atomic E-state index is 13.0. The molecule has 3 heteroatoms. The second-order valence-electron chi connectivity index (χ2n) is 4.25. The number of nitrogens with zero attached hydrogens (tertiary/aromatic N) is 1. The predicted octanol–water partition coefficient (Wildman–Crippen LogP) is 4.44. The maximum Gasteiger partial charge on any atom is 0.145 e. The van der Waals surface area contributed by atoms with Crippen LogP contribution in [0, 0.1) is 17.1 Å². The van der Waals surface area contributed by atoms with Crippen molar-refractivity contribution in [1.82, 2.24) is 0 Å². The fourth-order valence-electron chi connectivity index (χ4n) is 1.82. The molecule has 0 bridgehead atoms. The van der Waals surface area contributed by atoms with Gasteiger partial charge in [0.25, 0.3) is 0 Å². The van der Waals surface area contributed by atoms with E-state index in [1.165, 1.54) is 23.8 Å². The van der Waals surface area contributed by atoms with Gasteiger partial charge in [-0.15, -0.1) is 0 Å². The van der Waals surface area contributed by atoms with Crippen LogP contribution < -0.4 is 4.74 Å². The summed E-state index contributed by atoms with van der Waals surface area (Å²) in [6, 6.07) is 13.5. The normalized spacial score (nSPS) is 9.95. The molecule has 2 rings (SSSR count). The summed E-state index contributed by atoms with van der Waals surface area (Å²) in [5, 5.41) is 8.94. The van der Waals surface area contributed by atoms with Gasteiger partial charge in [0.2, 0.25) is 0 Å². The van der Waals surface area contributed by atoms with Gasteiger partial charge in [-0.05, 0) is 42.3 Å². The molecule has 0 unspecified atom stereocenters. The minimum atomic E-state index is -0.442. The largest absolute Gasteiger partial charge is 0.456 e. The highest BCUT2D eigenvalue weighted by Crippen LogP contribution is 2.26. The summed E-state index contributed by atoms with van der Waals surface area (Å²) in [5.41, 5.74) is 1.44. The molecule has 0 fully saturated rings. The van der Waals surface area contributed by atoms with Crippen molar-refractivity contribution in [2.45, 2.75) is 19.8 Å². The zero-order chi connectivity index (χ0) is 13.7. The second kappa shape index (κ2) is 6.01. The molecule has 0 aliphatic carbocycles. The number of hydrogen-bond acceptors (Lipinski definition) is 2. The van der Waals surface area contributed by atoms with E-state index in [1.807, 2.05) is 30.3 Å². The van der Waals surface area contributed by atoms with Crippen LogP contribution in [0.4, 0.5) is 4.39 Å². The van der Waals surface area contributed by atoms with Gasteiger partial charge < -0.3 is 4.74 Å². The summed E-state index contributed by atoms with van der Waals surface area (Å²) in [4.78, 5) is 0. The Kier molecular flexibility index (Phi) is 4.15. The van der Waals surface area contributed by atoms with Crippen molar-refractivity contribution in [1.29, 1.82) is 5.26 Å². The van der Waals surface area contributed by atoms with Crippen molar-refractivity contribution >= 4 is 0 Å². The molecule has 0 aromatic heterocycles. The summed E-state index contributed by atoms with van der Waals surface area (Å²) < 4.78 is 18.6. The second-order valence-corrected chi connectivity index (χ2v) is 4.25. The lowest BCUT2D eigenvalue weighted by atomic mass is 10.1. The minimum absolute atomic E-state index is 0.192. The molecule has 0 radical (unpaired) electrons. The molecule has 0 spiro atoms. The van der Waals surface area contributed by atoms with Crippen LogP contribution >= 0.6 is 0 Å². The summed E-state index contributed by atoms with van der Waals surface area (Å²) in [6.45, 7) is 2.13. The van der Waals surface area contributed by atoms with Gasteiger partial charge in [-0.2, -0.15) is 5.26 Å². The fraction of sp³-hybridized carbons (Fsp3) is 0.188. The third kappa shape index (κ3) is 3.32. The SMILES string of the molecule is CCCc1ccc(Oc2ccc(F)cc2C#N)cc1. The number of hydrogen-bond donors (Lipinski definition) is 0. The molecule has 0 saturated heterocycles. The van der Waals surface area contributed by atoms with Gasteiger partial charge in [-0.25, -0.2) is 4.39 Å². The molecule has 0 atom stereocenters. The molecule has 0 amide bonds. The monoisotopic (exact) mass is 255 g/mol. The molecule has 0 saturated carbocycles. The van der Waals surface area contributed by atoms with E-state index < -0.39 is 5.82 Å². The zero-order valence-electron chi connectivity index (χ0n) is 10.7. The fourth-order valence-corrected chi connectivity index (χ4v) is 1.82. The number of ether oxygens (including phenoxy) is 1. The quantitative estimate of drug-likeness (QED) is 0.809. The number of benzene rings is 2. The van der Waals surface area contributed by atoms with Crippen molar-refractivity contribution in [2.24, 2.45) is 0 Å². The Balaban J connectivity index is 2.19. The average Bonchev–Trinajstić information content (AvgIpc) is 2.43. The summed E-state index contributed by atoms with van der Waals surface area (Å²) in [6.07, 6.45) is 2.12.